The summed E-state index contributed by atoms with van der Waals surface area (Å²) in [7, 11) is 1.85. The largest absolute Gasteiger partial charge is 0.380 e. The third-order valence-electron chi connectivity index (χ3n) is 4.04. The SMILES string of the molecule is COC1CCCC1NC1CCCC1C. The maximum atomic E-state index is 5.51. The van der Waals surface area contributed by atoms with Gasteiger partial charge in [-0.1, -0.05) is 13.3 Å². The Labute approximate surface area is 87.4 Å². The molecule has 0 saturated heterocycles. The van der Waals surface area contributed by atoms with Crippen molar-refractivity contribution in [1.82, 2.24) is 5.32 Å². The summed E-state index contributed by atoms with van der Waals surface area (Å²) < 4.78 is 5.51. The van der Waals surface area contributed by atoms with Gasteiger partial charge in [0.1, 0.15) is 0 Å². The minimum atomic E-state index is 0.475. The fourth-order valence-corrected chi connectivity index (χ4v) is 3.07. The lowest BCUT2D eigenvalue weighted by molar-refractivity contribution is 0.0796. The quantitative estimate of drug-likeness (QED) is 0.750. The standard InChI is InChI=1S/C12H23NO/c1-9-5-3-6-10(9)13-11-7-4-8-12(11)14-2/h9-13H,3-8H2,1-2H3. The molecular weight excluding hydrogens is 174 g/mol. The fraction of sp³-hybridized carbons (Fsp3) is 1.00. The molecule has 0 spiro atoms. The van der Waals surface area contributed by atoms with Crippen molar-refractivity contribution < 1.29 is 4.74 Å². The molecule has 0 radical (unpaired) electrons. The third-order valence-corrected chi connectivity index (χ3v) is 4.04. The second-order valence-corrected chi connectivity index (χ2v) is 4.99. The zero-order valence-corrected chi connectivity index (χ0v) is 9.46. The Hall–Kier alpha value is -0.0800. The van der Waals surface area contributed by atoms with Gasteiger partial charge in [-0.2, -0.15) is 0 Å². The summed E-state index contributed by atoms with van der Waals surface area (Å²) in [6.07, 6.45) is 8.54. The van der Waals surface area contributed by atoms with Gasteiger partial charge >= 0.3 is 0 Å². The van der Waals surface area contributed by atoms with Crippen LogP contribution in [0.4, 0.5) is 0 Å². The lowest BCUT2D eigenvalue weighted by Crippen LogP contribution is -2.44. The van der Waals surface area contributed by atoms with Gasteiger partial charge in [0, 0.05) is 19.2 Å². The van der Waals surface area contributed by atoms with E-state index in [1.54, 1.807) is 0 Å². The van der Waals surface area contributed by atoms with Crippen molar-refractivity contribution in [3.63, 3.8) is 0 Å². The average Bonchev–Trinajstić information content (AvgIpc) is 2.77. The smallest absolute Gasteiger partial charge is 0.0724 e. The van der Waals surface area contributed by atoms with Crippen LogP contribution < -0.4 is 5.32 Å². The van der Waals surface area contributed by atoms with Crippen LogP contribution in [0.1, 0.15) is 45.4 Å². The summed E-state index contributed by atoms with van der Waals surface area (Å²) in [5.41, 5.74) is 0. The van der Waals surface area contributed by atoms with Crippen LogP contribution in [0.25, 0.3) is 0 Å². The first-order chi connectivity index (χ1) is 6.81. The molecule has 0 aliphatic heterocycles. The molecule has 82 valence electrons. The normalized spacial score (nSPS) is 43.3. The highest BCUT2D eigenvalue weighted by atomic mass is 16.5. The first kappa shape index (κ1) is 10.4. The lowest BCUT2D eigenvalue weighted by atomic mass is 10.0. The number of rotatable bonds is 3. The molecule has 1 N–H and O–H groups in total. The summed E-state index contributed by atoms with van der Waals surface area (Å²) >= 11 is 0. The molecule has 4 unspecified atom stereocenters. The Morgan fingerprint density at radius 1 is 1.00 bits per heavy atom. The molecule has 0 aromatic heterocycles. The number of hydrogen-bond acceptors (Lipinski definition) is 2. The molecule has 0 heterocycles. The fourth-order valence-electron chi connectivity index (χ4n) is 3.07. The van der Waals surface area contributed by atoms with E-state index in [1.165, 1.54) is 38.5 Å². The Morgan fingerprint density at radius 2 is 1.71 bits per heavy atom. The molecule has 14 heavy (non-hydrogen) atoms. The maximum absolute atomic E-state index is 5.51. The second-order valence-electron chi connectivity index (χ2n) is 4.99. The van der Waals surface area contributed by atoms with Crippen molar-refractivity contribution in [1.29, 1.82) is 0 Å². The molecule has 2 rings (SSSR count). The highest BCUT2D eigenvalue weighted by molar-refractivity contribution is 4.90. The minimum absolute atomic E-state index is 0.475. The topological polar surface area (TPSA) is 21.3 Å². The monoisotopic (exact) mass is 197 g/mol. The molecule has 0 amide bonds. The molecule has 2 aliphatic rings. The number of methoxy groups -OCH3 is 1. The van der Waals surface area contributed by atoms with E-state index in [4.69, 9.17) is 4.74 Å². The third kappa shape index (κ3) is 2.12. The summed E-state index contributed by atoms with van der Waals surface area (Å²) in [6, 6.07) is 1.39. The van der Waals surface area contributed by atoms with Gasteiger partial charge in [0.25, 0.3) is 0 Å². The van der Waals surface area contributed by atoms with E-state index in [1.807, 2.05) is 7.11 Å². The Kier molecular flexibility index (Phi) is 3.45. The summed E-state index contributed by atoms with van der Waals surface area (Å²) in [4.78, 5) is 0. The molecular formula is C12H23NO. The van der Waals surface area contributed by atoms with E-state index < -0.39 is 0 Å². The van der Waals surface area contributed by atoms with E-state index in [9.17, 15) is 0 Å². The van der Waals surface area contributed by atoms with Gasteiger partial charge in [-0.25, -0.2) is 0 Å². The first-order valence-electron chi connectivity index (χ1n) is 6.10. The predicted molar refractivity (Wildman–Crippen MR) is 58.4 cm³/mol. The van der Waals surface area contributed by atoms with Crippen molar-refractivity contribution >= 4 is 0 Å². The molecule has 2 saturated carbocycles. The summed E-state index contributed by atoms with van der Waals surface area (Å²) in [5.74, 6) is 0.869. The second kappa shape index (κ2) is 4.63. The van der Waals surface area contributed by atoms with Gasteiger partial charge in [-0.15, -0.1) is 0 Å². The van der Waals surface area contributed by atoms with Crippen molar-refractivity contribution in [2.75, 3.05) is 7.11 Å². The maximum Gasteiger partial charge on any atom is 0.0724 e. The van der Waals surface area contributed by atoms with Gasteiger partial charge in [-0.3, -0.25) is 0 Å². The highest BCUT2D eigenvalue weighted by Crippen LogP contribution is 2.28. The van der Waals surface area contributed by atoms with Crippen LogP contribution in [0.2, 0.25) is 0 Å². The summed E-state index contributed by atoms with van der Waals surface area (Å²) in [6.45, 7) is 2.38. The van der Waals surface area contributed by atoms with Crippen LogP contribution in [-0.2, 0) is 4.74 Å². The van der Waals surface area contributed by atoms with Crippen molar-refractivity contribution in [2.45, 2.75) is 63.6 Å². The van der Waals surface area contributed by atoms with E-state index >= 15 is 0 Å². The summed E-state index contributed by atoms with van der Waals surface area (Å²) in [5, 5.41) is 3.80. The number of hydrogen-bond donors (Lipinski definition) is 1. The van der Waals surface area contributed by atoms with Gasteiger partial charge in [0.15, 0.2) is 0 Å². The zero-order valence-electron chi connectivity index (χ0n) is 9.46. The average molecular weight is 197 g/mol. The first-order valence-corrected chi connectivity index (χ1v) is 6.10. The van der Waals surface area contributed by atoms with Crippen LogP contribution in [0.3, 0.4) is 0 Å². The van der Waals surface area contributed by atoms with Crippen LogP contribution in [0, 0.1) is 5.92 Å². The van der Waals surface area contributed by atoms with Gasteiger partial charge < -0.3 is 10.1 Å². The van der Waals surface area contributed by atoms with E-state index in [0.29, 0.717) is 12.1 Å². The lowest BCUT2D eigenvalue weighted by Gasteiger charge is -2.26. The van der Waals surface area contributed by atoms with Crippen LogP contribution in [0.5, 0.6) is 0 Å². The van der Waals surface area contributed by atoms with Crippen molar-refractivity contribution in [3.8, 4) is 0 Å². The Morgan fingerprint density at radius 3 is 2.36 bits per heavy atom. The Balaban J connectivity index is 1.83. The van der Waals surface area contributed by atoms with E-state index in [2.05, 4.69) is 12.2 Å². The van der Waals surface area contributed by atoms with Gasteiger partial charge in [0.05, 0.1) is 6.10 Å². The molecule has 2 nitrogen and oxygen atoms in total. The predicted octanol–water partition coefficient (Wildman–Crippen LogP) is 2.33. The molecule has 0 aromatic rings. The molecule has 2 aliphatic carbocycles. The minimum Gasteiger partial charge on any atom is -0.380 e. The highest BCUT2D eigenvalue weighted by Gasteiger charge is 2.32. The van der Waals surface area contributed by atoms with Gasteiger partial charge in [0.2, 0.25) is 0 Å². The number of ether oxygens (including phenoxy) is 1. The van der Waals surface area contributed by atoms with Gasteiger partial charge in [-0.05, 0) is 38.0 Å². The van der Waals surface area contributed by atoms with Crippen molar-refractivity contribution in [2.24, 2.45) is 5.92 Å². The van der Waals surface area contributed by atoms with Crippen molar-refractivity contribution in [3.05, 3.63) is 0 Å². The van der Waals surface area contributed by atoms with Crippen LogP contribution >= 0.6 is 0 Å². The van der Waals surface area contributed by atoms with E-state index in [-0.39, 0.29) is 0 Å². The molecule has 2 heteroatoms. The molecule has 4 atom stereocenters. The van der Waals surface area contributed by atoms with E-state index in [0.717, 1.165) is 12.0 Å². The van der Waals surface area contributed by atoms with Crippen LogP contribution in [-0.4, -0.2) is 25.3 Å². The zero-order chi connectivity index (χ0) is 9.97. The number of nitrogens with one attached hydrogen (secondary N) is 1. The molecule has 0 bridgehead atoms. The molecule has 2 fully saturated rings. The van der Waals surface area contributed by atoms with Crippen LogP contribution in [0.15, 0.2) is 0 Å². The Bertz CT molecular complexity index is 183. The molecule has 0 aromatic carbocycles.